The summed E-state index contributed by atoms with van der Waals surface area (Å²) in [6.07, 6.45) is 5.84. The Morgan fingerprint density at radius 2 is 1.96 bits per heavy atom. The first-order valence-electron chi connectivity index (χ1n) is 9.58. The molecule has 0 amide bonds. The van der Waals surface area contributed by atoms with Gasteiger partial charge in [-0.25, -0.2) is 4.98 Å². The number of hydrogen-bond donors (Lipinski definition) is 2. The predicted octanol–water partition coefficient (Wildman–Crippen LogP) is 4.10. The number of rotatable bonds is 3. The number of benzene rings is 1. The summed E-state index contributed by atoms with van der Waals surface area (Å²) < 4.78 is 2.05. The van der Waals surface area contributed by atoms with Crippen molar-refractivity contribution in [2.45, 2.75) is 57.2 Å². The van der Waals surface area contributed by atoms with Crippen molar-refractivity contribution in [2.24, 2.45) is 0 Å². The minimum atomic E-state index is -0.726. The van der Waals surface area contributed by atoms with Crippen LogP contribution in [0.5, 0.6) is 0 Å². The summed E-state index contributed by atoms with van der Waals surface area (Å²) in [5.41, 5.74) is 6.53. The van der Waals surface area contributed by atoms with Crippen LogP contribution in [-0.4, -0.2) is 14.5 Å². The Morgan fingerprint density at radius 1 is 1.19 bits per heavy atom. The second kappa shape index (κ2) is 5.66. The first kappa shape index (κ1) is 16.0. The lowest BCUT2D eigenvalue weighted by Crippen LogP contribution is -2.50. The molecule has 0 aliphatic heterocycles. The molecular formula is C22H25N3O. The Bertz CT molecular complexity index is 982. The maximum atomic E-state index is 11.1. The third-order valence-electron chi connectivity index (χ3n) is 6.43. The van der Waals surface area contributed by atoms with Crippen LogP contribution in [-0.2, 0) is 5.54 Å². The Labute approximate surface area is 153 Å². The zero-order valence-corrected chi connectivity index (χ0v) is 15.4. The quantitative estimate of drug-likeness (QED) is 0.701. The zero-order valence-electron chi connectivity index (χ0n) is 15.4. The van der Waals surface area contributed by atoms with Crippen molar-refractivity contribution < 1.29 is 5.11 Å². The number of hydrogen-bond acceptors (Lipinski definition) is 3. The average molecular weight is 347 g/mol. The zero-order chi connectivity index (χ0) is 17.9. The summed E-state index contributed by atoms with van der Waals surface area (Å²) in [7, 11) is 0. The molecule has 1 saturated carbocycles. The number of nitrogens with zero attached hydrogens (tertiary/aromatic N) is 2. The van der Waals surface area contributed by atoms with E-state index in [-0.39, 0.29) is 5.54 Å². The highest BCUT2D eigenvalue weighted by Crippen LogP contribution is 2.52. The van der Waals surface area contributed by atoms with Gasteiger partial charge >= 0.3 is 0 Å². The van der Waals surface area contributed by atoms with Crippen molar-refractivity contribution in [1.29, 1.82) is 0 Å². The van der Waals surface area contributed by atoms with E-state index in [1.807, 2.05) is 19.2 Å². The van der Waals surface area contributed by atoms with Crippen molar-refractivity contribution in [2.75, 3.05) is 0 Å². The van der Waals surface area contributed by atoms with Gasteiger partial charge in [-0.3, -0.25) is 5.32 Å². The lowest BCUT2D eigenvalue weighted by atomic mass is 9.62. The van der Waals surface area contributed by atoms with Gasteiger partial charge in [-0.2, -0.15) is 0 Å². The van der Waals surface area contributed by atoms with E-state index in [0.717, 1.165) is 35.4 Å². The van der Waals surface area contributed by atoms with Gasteiger partial charge in [-0.05, 0) is 68.7 Å². The highest BCUT2D eigenvalue weighted by molar-refractivity contribution is 5.52. The lowest BCUT2D eigenvalue weighted by molar-refractivity contribution is 0.0597. The fourth-order valence-corrected chi connectivity index (χ4v) is 5.17. The van der Waals surface area contributed by atoms with Gasteiger partial charge in [0.25, 0.3) is 0 Å². The van der Waals surface area contributed by atoms with Crippen LogP contribution in [0.1, 0.15) is 65.9 Å². The van der Waals surface area contributed by atoms with Crippen LogP contribution in [0.15, 0.2) is 42.6 Å². The molecule has 1 atom stereocenters. The average Bonchev–Trinajstić information content (AvgIpc) is 3.07. The SMILES string of the molecule is Cc1cc(C)n2ccc(C(O)NC34CCC(CC3)c3ccccc34)c2n1. The van der Waals surface area contributed by atoms with E-state index in [0.29, 0.717) is 5.92 Å². The molecule has 134 valence electrons. The van der Waals surface area contributed by atoms with Gasteiger partial charge in [-0.15, -0.1) is 0 Å². The van der Waals surface area contributed by atoms with E-state index in [1.165, 1.54) is 24.0 Å². The van der Waals surface area contributed by atoms with E-state index in [9.17, 15) is 5.11 Å². The maximum absolute atomic E-state index is 11.1. The van der Waals surface area contributed by atoms with Crippen LogP contribution >= 0.6 is 0 Å². The minimum Gasteiger partial charge on any atom is -0.374 e. The van der Waals surface area contributed by atoms with Gasteiger partial charge in [0.1, 0.15) is 11.9 Å². The summed E-state index contributed by atoms with van der Waals surface area (Å²) in [4.78, 5) is 4.68. The van der Waals surface area contributed by atoms with Crippen LogP contribution in [0.3, 0.4) is 0 Å². The van der Waals surface area contributed by atoms with Gasteiger partial charge in [0.2, 0.25) is 0 Å². The van der Waals surface area contributed by atoms with Crippen molar-refractivity contribution in [3.63, 3.8) is 0 Å². The molecule has 1 unspecified atom stereocenters. The first-order chi connectivity index (χ1) is 12.6. The Balaban J connectivity index is 1.55. The second-order valence-corrected chi connectivity index (χ2v) is 7.99. The monoisotopic (exact) mass is 347 g/mol. The first-order valence-corrected chi connectivity index (χ1v) is 9.58. The second-order valence-electron chi connectivity index (χ2n) is 7.99. The fourth-order valence-electron chi connectivity index (χ4n) is 5.17. The van der Waals surface area contributed by atoms with E-state index < -0.39 is 6.23 Å². The molecular weight excluding hydrogens is 322 g/mol. The normalized spacial score (nSPS) is 25.4. The largest absolute Gasteiger partial charge is 0.374 e. The summed E-state index contributed by atoms with van der Waals surface area (Å²) in [6, 6.07) is 12.8. The van der Waals surface area contributed by atoms with Gasteiger partial charge in [0.15, 0.2) is 0 Å². The number of aryl methyl sites for hydroxylation is 2. The van der Waals surface area contributed by atoms with Crippen molar-refractivity contribution >= 4 is 5.65 Å². The third-order valence-corrected chi connectivity index (χ3v) is 6.43. The van der Waals surface area contributed by atoms with E-state index >= 15 is 0 Å². The summed E-state index contributed by atoms with van der Waals surface area (Å²) in [5.74, 6) is 0.689. The molecule has 3 aromatic rings. The highest BCUT2D eigenvalue weighted by Gasteiger charge is 2.45. The summed E-state index contributed by atoms with van der Waals surface area (Å²) in [6.45, 7) is 4.07. The molecule has 3 aliphatic rings. The molecule has 4 nitrogen and oxygen atoms in total. The van der Waals surface area contributed by atoms with Gasteiger partial charge < -0.3 is 9.51 Å². The summed E-state index contributed by atoms with van der Waals surface area (Å²) >= 11 is 0. The molecule has 0 saturated heterocycles. The number of aliphatic hydroxyl groups is 1. The van der Waals surface area contributed by atoms with Crippen molar-refractivity contribution in [3.05, 3.63) is 70.7 Å². The third kappa shape index (κ3) is 2.25. The lowest BCUT2D eigenvalue weighted by Gasteiger charge is -2.49. The molecule has 6 rings (SSSR count). The molecule has 0 radical (unpaired) electrons. The molecule has 2 bridgehead atoms. The van der Waals surface area contributed by atoms with Crippen LogP contribution in [0, 0.1) is 13.8 Å². The standard InChI is InChI=1S/C22H25N3O/c1-14-13-15(2)25-12-9-18(20(25)23-14)21(26)24-22-10-7-16(8-11-22)17-5-3-4-6-19(17)22/h3-6,9,12-13,16,21,24,26H,7-8,10-11H2,1-2H3. The predicted molar refractivity (Wildman–Crippen MR) is 102 cm³/mol. The number of aromatic nitrogens is 2. The molecule has 2 aromatic heterocycles. The smallest absolute Gasteiger partial charge is 0.144 e. The Morgan fingerprint density at radius 3 is 2.77 bits per heavy atom. The van der Waals surface area contributed by atoms with E-state index in [2.05, 4.69) is 52.0 Å². The molecule has 3 aliphatic carbocycles. The minimum absolute atomic E-state index is 0.127. The number of aliphatic hydroxyl groups excluding tert-OH is 1. The molecule has 2 N–H and O–H groups in total. The fraction of sp³-hybridized carbons (Fsp3) is 0.409. The van der Waals surface area contributed by atoms with Crippen molar-refractivity contribution in [3.8, 4) is 0 Å². The molecule has 1 fully saturated rings. The summed E-state index contributed by atoms with van der Waals surface area (Å²) in [5, 5.41) is 14.7. The number of nitrogens with one attached hydrogen (secondary N) is 1. The van der Waals surface area contributed by atoms with E-state index in [1.54, 1.807) is 0 Å². The molecule has 2 heterocycles. The van der Waals surface area contributed by atoms with Crippen LogP contribution in [0.4, 0.5) is 0 Å². The molecule has 1 aromatic carbocycles. The highest BCUT2D eigenvalue weighted by atomic mass is 16.3. The van der Waals surface area contributed by atoms with Crippen LogP contribution in [0.25, 0.3) is 5.65 Å². The molecule has 0 spiro atoms. The van der Waals surface area contributed by atoms with Gasteiger partial charge in [0.05, 0.1) is 0 Å². The van der Waals surface area contributed by atoms with Gasteiger partial charge in [0, 0.05) is 28.7 Å². The Hall–Kier alpha value is -2.17. The molecule has 26 heavy (non-hydrogen) atoms. The Kier molecular flexibility index (Phi) is 3.49. The maximum Gasteiger partial charge on any atom is 0.144 e. The van der Waals surface area contributed by atoms with E-state index in [4.69, 9.17) is 0 Å². The van der Waals surface area contributed by atoms with Crippen LogP contribution < -0.4 is 5.32 Å². The molecule has 4 heteroatoms. The van der Waals surface area contributed by atoms with Crippen molar-refractivity contribution in [1.82, 2.24) is 14.7 Å². The topological polar surface area (TPSA) is 49.6 Å². The number of fused-ring (bicyclic) bond motifs is 3. The van der Waals surface area contributed by atoms with Crippen LogP contribution in [0.2, 0.25) is 0 Å². The van der Waals surface area contributed by atoms with Gasteiger partial charge in [-0.1, -0.05) is 24.3 Å².